The van der Waals surface area contributed by atoms with E-state index in [9.17, 15) is 14.4 Å². The largest absolute Gasteiger partial charge is 0.359 e. The third-order valence-electron chi connectivity index (χ3n) is 5.76. The maximum atomic E-state index is 13.2. The van der Waals surface area contributed by atoms with Gasteiger partial charge in [-0.2, -0.15) is 0 Å². The Labute approximate surface area is 146 Å². The van der Waals surface area contributed by atoms with Crippen molar-refractivity contribution >= 4 is 23.5 Å². The summed E-state index contributed by atoms with van der Waals surface area (Å²) in [6, 6.07) is 6.89. The molecule has 25 heavy (non-hydrogen) atoms. The van der Waals surface area contributed by atoms with E-state index in [0.717, 1.165) is 22.7 Å². The number of carbonyl (C=O) groups excluding carboxylic acids is 3. The number of nitrogens with zero attached hydrogens (tertiary/aromatic N) is 2. The number of amides is 4. The Balaban J connectivity index is 1.95. The van der Waals surface area contributed by atoms with Crippen LogP contribution in [0, 0.1) is 5.41 Å². The van der Waals surface area contributed by atoms with Crippen molar-refractivity contribution in [3.63, 3.8) is 0 Å². The molecule has 3 aliphatic rings. The Kier molecular flexibility index (Phi) is 3.25. The molecule has 4 rings (SSSR count). The van der Waals surface area contributed by atoms with Crippen LogP contribution in [0.1, 0.15) is 19.4 Å². The number of para-hydroxylation sites is 1. The van der Waals surface area contributed by atoms with E-state index < -0.39 is 23.3 Å². The van der Waals surface area contributed by atoms with Crippen molar-refractivity contribution < 1.29 is 14.4 Å². The molecule has 1 aromatic rings. The third kappa shape index (κ3) is 1.99. The first-order valence-corrected chi connectivity index (χ1v) is 8.50. The molecule has 2 saturated heterocycles. The molecule has 0 bridgehead atoms. The molecule has 1 aromatic carbocycles. The van der Waals surface area contributed by atoms with Gasteiger partial charge in [-0.1, -0.05) is 18.2 Å². The maximum Gasteiger partial charge on any atom is 0.330 e. The van der Waals surface area contributed by atoms with Crippen molar-refractivity contribution in [2.45, 2.75) is 31.8 Å². The van der Waals surface area contributed by atoms with Crippen LogP contribution in [-0.4, -0.2) is 54.5 Å². The SMILES string of the molecule is CN1C(=O)NC(=O)C2(Cc3ccccc3N3C2CNCC3(C)C)C1=O. The van der Waals surface area contributed by atoms with Gasteiger partial charge >= 0.3 is 6.03 Å². The zero-order valence-electron chi connectivity index (χ0n) is 14.6. The van der Waals surface area contributed by atoms with Gasteiger partial charge in [0, 0.05) is 31.4 Å². The number of hydrogen-bond acceptors (Lipinski definition) is 5. The van der Waals surface area contributed by atoms with Crippen LogP contribution in [0.2, 0.25) is 0 Å². The summed E-state index contributed by atoms with van der Waals surface area (Å²) in [5.41, 5.74) is 0.444. The fraction of sp³-hybridized carbons (Fsp3) is 0.500. The molecule has 0 radical (unpaired) electrons. The fourth-order valence-corrected chi connectivity index (χ4v) is 4.55. The van der Waals surface area contributed by atoms with Gasteiger partial charge < -0.3 is 10.2 Å². The lowest BCUT2D eigenvalue weighted by atomic mass is 9.66. The highest BCUT2D eigenvalue weighted by Crippen LogP contribution is 2.47. The van der Waals surface area contributed by atoms with E-state index in [1.54, 1.807) is 0 Å². The summed E-state index contributed by atoms with van der Waals surface area (Å²) in [7, 11) is 1.43. The molecule has 132 valence electrons. The molecule has 3 heterocycles. The average Bonchev–Trinajstić information content (AvgIpc) is 2.57. The van der Waals surface area contributed by atoms with Crippen molar-refractivity contribution in [1.82, 2.24) is 15.5 Å². The Morgan fingerprint density at radius 1 is 1.16 bits per heavy atom. The molecule has 2 fully saturated rings. The lowest BCUT2D eigenvalue weighted by Crippen LogP contribution is -2.77. The molecule has 1 spiro atoms. The van der Waals surface area contributed by atoms with Crippen LogP contribution < -0.4 is 15.5 Å². The lowest BCUT2D eigenvalue weighted by Gasteiger charge is -2.59. The smallest absolute Gasteiger partial charge is 0.330 e. The molecule has 7 nitrogen and oxygen atoms in total. The van der Waals surface area contributed by atoms with Gasteiger partial charge in [0.1, 0.15) is 0 Å². The van der Waals surface area contributed by atoms with E-state index in [4.69, 9.17) is 0 Å². The quantitative estimate of drug-likeness (QED) is 0.671. The van der Waals surface area contributed by atoms with Gasteiger partial charge in [0.25, 0.3) is 0 Å². The van der Waals surface area contributed by atoms with E-state index in [0.29, 0.717) is 13.0 Å². The van der Waals surface area contributed by atoms with Crippen LogP contribution in [0.4, 0.5) is 10.5 Å². The first-order valence-electron chi connectivity index (χ1n) is 8.50. The van der Waals surface area contributed by atoms with Gasteiger partial charge in [-0.05, 0) is 31.9 Å². The monoisotopic (exact) mass is 342 g/mol. The number of barbiturate groups is 1. The molecule has 2 atom stereocenters. The normalized spacial score (nSPS) is 30.8. The summed E-state index contributed by atoms with van der Waals surface area (Å²) >= 11 is 0. The number of carbonyl (C=O) groups is 3. The first-order chi connectivity index (χ1) is 11.8. The van der Waals surface area contributed by atoms with Crippen LogP contribution in [0.25, 0.3) is 0 Å². The number of anilines is 1. The standard InChI is InChI=1S/C18H22N4O3/c1-17(2)10-19-9-13-18(14(23)20-16(25)21(3)15(18)24)8-11-6-4-5-7-12(11)22(13)17/h4-7,13,19H,8-10H2,1-3H3,(H,20,23,25). The summed E-state index contributed by atoms with van der Waals surface area (Å²) in [5, 5.41) is 5.75. The van der Waals surface area contributed by atoms with E-state index >= 15 is 0 Å². The number of nitrogens with one attached hydrogen (secondary N) is 2. The predicted molar refractivity (Wildman–Crippen MR) is 92.1 cm³/mol. The Morgan fingerprint density at radius 2 is 1.88 bits per heavy atom. The van der Waals surface area contributed by atoms with E-state index in [1.807, 2.05) is 24.3 Å². The van der Waals surface area contributed by atoms with Crippen molar-refractivity contribution in [3.8, 4) is 0 Å². The van der Waals surface area contributed by atoms with Gasteiger partial charge in [0.2, 0.25) is 11.8 Å². The highest BCUT2D eigenvalue weighted by Gasteiger charge is 2.63. The molecule has 0 aliphatic carbocycles. The first kappa shape index (κ1) is 16.1. The Morgan fingerprint density at radius 3 is 2.64 bits per heavy atom. The van der Waals surface area contributed by atoms with Crippen LogP contribution in [-0.2, 0) is 16.0 Å². The fourth-order valence-electron chi connectivity index (χ4n) is 4.55. The number of fused-ring (bicyclic) bond motifs is 4. The van der Waals surface area contributed by atoms with E-state index in [2.05, 4.69) is 29.4 Å². The predicted octanol–water partition coefficient (Wildman–Crippen LogP) is 0.494. The minimum absolute atomic E-state index is 0.271. The van der Waals surface area contributed by atoms with Crippen LogP contribution in [0.3, 0.4) is 0 Å². The van der Waals surface area contributed by atoms with E-state index in [-0.39, 0.29) is 11.6 Å². The highest BCUT2D eigenvalue weighted by atomic mass is 16.2. The second-order valence-corrected chi connectivity index (χ2v) is 7.73. The Bertz CT molecular complexity index is 790. The maximum absolute atomic E-state index is 13.2. The van der Waals surface area contributed by atoms with Gasteiger partial charge in [-0.25, -0.2) is 4.79 Å². The third-order valence-corrected chi connectivity index (χ3v) is 5.76. The molecule has 3 aliphatic heterocycles. The molecule has 0 aromatic heterocycles. The molecular formula is C18H22N4O3. The van der Waals surface area contributed by atoms with Gasteiger partial charge in [0.15, 0.2) is 5.41 Å². The molecule has 0 saturated carbocycles. The molecule has 7 heteroatoms. The number of piperazine rings is 1. The van der Waals surface area contributed by atoms with Crippen molar-refractivity contribution in [1.29, 1.82) is 0 Å². The minimum Gasteiger partial charge on any atom is -0.359 e. The van der Waals surface area contributed by atoms with Crippen molar-refractivity contribution in [3.05, 3.63) is 29.8 Å². The lowest BCUT2D eigenvalue weighted by molar-refractivity contribution is -0.153. The molecule has 2 unspecified atom stereocenters. The van der Waals surface area contributed by atoms with Crippen molar-refractivity contribution in [2.24, 2.45) is 5.41 Å². The second kappa shape index (κ2) is 5.05. The van der Waals surface area contributed by atoms with Gasteiger partial charge in [-0.15, -0.1) is 0 Å². The van der Waals surface area contributed by atoms with Crippen LogP contribution >= 0.6 is 0 Å². The van der Waals surface area contributed by atoms with Gasteiger partial charge in [-0.3, -0.25) is 19.8 Å². The van der Waals surface area contributed by atoms with Crippen LogP contribution in [0.5, 0.6) is 0 Å². The number of rotatable bonds is 0. The summed E-state index contributed by atoms with van der Waals surface area (Å²) in [5.74, 6) is -0.921. The molecule has 4 amide bonds. The van der Waals surface area contributed by atoms with E-state index in [1.165, 1.54) is 7.05 Å². The topological polar surface area (TPSA) is 81.8 Å². The summed E-state index contributed by atoms with van der Waals surface area (Å²) in [4.78, 5) is 41.3. The Hall–Kier alpha value is -2.41. The summed E-state index contributed by atoms with van der Waals surface area (Å²) in [6.45, 7) is 5.46. The zero-order valence-corrected chi connectivity index (χ0v) is 14.6. The van der Waals surface area contributed by atoms with Crippen LogP contribution in [0.15, 0.2) is 24.3 Å². The average molecular weight is 342 g/mol. The number of benzene rings is 1. The summed E-state index contributed by atoms with van der Waals surface area (Å²) < 4.78 is 0. The number of urea groups is 1. The summed E-state index contributed by atoms with van der Waals surface area (Å²) in [6.07, 6.45) is 0.296. The molecule has 2 N–H and O–H groups in total. The van der Waals surface area contributed by atoms with Crippen molar-refractivity contribution in [2.75, 3.05) is 25.0 Å². The molecular weight excluding hydrogens is 320 g/mol. The number of imide groups is 2. The zero-order chi connectivity index (χ0) is 18.0. The number of hydrogen-bond donors (Lipinski definition) is 2. The van der Waals surface area contributed by atoms with Gasteiger partial charge in [0.05, 0.1) is 6.04 Å². The second-order valence-electron chi connectivity index (χ2n) is 7.73. The highest BCUT2D eigenvalue weighted by molar-refractivity contribution is 6.20. The minimum atomic E-state index is -1.30.